The van der Waals surface area contributed by atoms with Crippen molar-refractivity contribution in [2.75, 3.05) is 10.6 Å². The molecule has 3 rings (SSSR count). The fraction of sp³-hybridized carbons (Fsp3) is 0.304. The molecule has 1 atom stereocenters. The topological polar surface area (TPSA) is 93.1 Å². The van der Waals surface area contributed by atoms with Gasteiger partial charge in [-0.3, -0.25) is 19.0 Å². The quantitative estimate of drug-likeness (QED) is 0.381. The average Bonchev–Trinajstić information content (AvgIpc) is 2.72. The standard InChI is InChI=1S/C23H25ClN4O3S/c1-13(2)12-28-22(31)19-11-16(24)5-10-20(19)27-23(28)32-14(3)21(30)26-18-8-6-17(7-9-18)25-15(4)29/h5-11,13-14H,12H2,1-4H3,(H,25,29)(H,26,30)/t14-/m0/s1. The van der Waals surface area contributed by atoms with Crippen LogP contribution in [-0.2, 0) is 16.1 Å². The Labute approximate surface area is 195 Å². The maximum absolute atomic E-state index is 13.1. The Kier molecular flexibility index (Phi) is 7.58. The molecule has 0 aliphatic rings. The number of benzene rings is 2. The number of thioether (sulfide) groups is 1. The molecule has 3 aromatic rings. The van der Waals surface area contributed by atoms with Gasteiger partial charge in [0.2, 0.25) is 11.8 Å². The molecule has 0 aliphatic heterocycles. The predicted octanol–water partition coefficient (Wildman–Crippen LogP) is 4.78. The van der Waals surface area contributed by atoms with E-state index in [9.17, 15) is 14.4 Å². The molecule has 0 unspecified atom stereocenters. The molecular formula is C23H25ClN4O3S. The number of amides is 2. The summed E-state index contributed by atoms with van der Waals surface area (Å²) < 4.78 is 1.61. The first-order valence-electron chi connectivity index (χ1n) is 10.2. The van der Waals surface area contributed by atoms with E-state index in [1.54, 1.807) is 54.0 Å². The Balaban J connectivity index is 1.82. The minimum Gasteiger partial charge on any atom is -0.326 e. The van der Waals surface area contributed by atoms with Crippen LogP contribution in [0.3, 0.4) is 0 Å². The van der Waals surface area contributed by atoms with E-state index in [4.69, 9.17) is 11.6 Å². The van der Waals surface area contributed by atoms with Crippen molar-refractivity contribution in [1.29, 1.82) is 0 Å². The first-order valence-corrected chi connectivity index (χ1v) is 11.4. The van der Waals surface area contributed by atoms with Crippen molar-refractivity contribution in [1.82, 2.24) is 9.55 Å². The first kappa shape index (κ1) is 23.8. The molecule has 32 heavy (non-hydrogen) atoms. The van der Waals surface area contributed by atoms with Crippen LogP contribution < -0.4 is 16.2 Å². The van der Waals surface area contributed by atoms with Gasteiger partial charge in [0.25, 0.3) is 5.56 Å². The molecule has 1 heterocycles. The molecule has 1 aromatic heterocycles. The van der Waals surface area contributed by atoms with E-state index in [2.05, 4.69) is 15.6 Å². The first-order chi connectivity index (χ1) is 15.1. The summed E-state index contributed by atoms with van der Waals surface area (Å²) in [5.74, 6) is -0.162. The number of aromatic nitrogens is 2. The smallest absolute Gasteiger partial charge is 0.262 e. The van der Waals surface area contributed by atoms with Gasteiger partial charge in [0.1, 0.15) is 0 Å². The zero-order chi connectivity index (χ0) is 23.4. The molecule has 0 aliphatic carbocycles. The highest BCUT2D eigenvalue weighted by Gasteiger charge is 2.20. The molecule has 0 radical (unpaired) electrons. The number of carbonyl (C=O) groups is 2. The lowest BCUT2D eigenvalue weighted by molar-refractivity contribution is -0.115. The van der Waals surface area contributed by atoms with Crippen LogP contribution in [0, 0.1) is 5.92 Å². The molecule has 0 saturated carbocycles. The minimum atomic E-state index is -0.500. The Morgan fingerprint density at radius 1 is 1.06 bits per heavy atom. The lowest BCUT2D eigenvalue weighted by Crippen LogP contribution is -2.28. The number of anilines is 2. The van der Waals surface area contributed by atoms with Crippen LogP contribution in [0.2, 0.25) is 5.02 Å². The van der Waals surface area contributed by atoms with Crippen LogP contribution >= 0.6 is 23.4 Å². The number of hydrogen-bond donors (Lipinski definition) is 2. The van der Waals surface area contributed by atoms with E-state index in [-0.39, 0.29) is 23.3 Å². The van der Waals surface area contributed by atoms with Crippen molar-refractivity contribution in [2.24, 2.45) is 5.92 Å². The van der Waals surface area contributed by atoms with Gasteiger partial charge in [-0.15, -0.1) is 0 Å². The summed E-state index contributed by atoms with van der Waals surface area (Å²) in [7, 11) is 0. The molecule has 0 spiro atoms. The largest absolute Gasteiger partial charge is 0.326 e. The van der Waals surface area contributed by atoms with Gasteiger partial charge in [-0.25, -0.2) is 4.98 Å². The SMILES string of the molecule is CC(=O)Nc1ccc(NC(=O)[C@H](C)Sc2nc3ccc(Cl)cc3c(=O)n2CC(C)C)cc1. The second-order valence-electron chi connectivity index (χ2n) is 7.87. The van der Waals surface area contributed by atoms with Crippen LogP contribution in [-0.4, -0.2) is 26.6 Å². The second-order valence-corrected chi connectivity index (χ2v) is 9.62. The Morgan fingerprint density at radius 3 is 2.28 bits per heavy atom. The maximum Gasteiger partial charge on any atom is 0.262 e. The Bertz CT molecular complexity index is 1210. The predicted molar refractivity (Wildman–Crippen MR) is 131 cm³/mol. The van der Waals surface area contributed by atoms with Crippen LogP contribution in [0.4, 0.5) is 11.4 Å². The summed E-state index contributed by atoms with van der Waals surface area (Å²) in [4.78, 5) is 41.7. The van der Waals surface area contributed by atoms with E-state index in [0.717, 1.165) is 0 Å². The average molecular weight is 473 g/mol. The molecular weight excluding hydrogens is 448 g/mol. The lowest BCUT2D eigenvalue weighted by atomic mass is 10.2. The number of halogens is 1. The van der Waals surface area contributed by atoms with Crippen LogP contribution in [0.25, 0.3) is 10.9 Å². The Morgan fingerprint density at radius 2 is 1.69 bits per heavy atom. The van der Waals surface area contributed by atoms with Gasteiger partial charge in [-0.05, 0) is 55.3 Å². The highest BCUT2D eigenvalue weighted by molar-refractivity contribution is 8.00. The Hall–Kier alpha value is -2.84. The van der Waals surface area contributed by atoms with Crippen molar-refractivity contribution in [3.8, 4) is 0 Å². The molecule has 9 heteroatoms. The van der Waals surface area contributed by atoms with E-state index in [0.29, 0.717) is 39.0 Å². The zero-order valence-corrected chi connectivity index (χ0v) is 19.9. The van der Waals surface area contributed by atoms with Gasteiger partial charge in [0.15, 0.2) is 5.16 Å². The van der Waals surface area contributed by atoms with Crippen molar-refractivity contribution in [3.63, 3.8) is 0 Å². The van der Waals surface area contributed by atoms with Gasteiger partial charge in [0.05, 0.1) is 16.2 Å². The fourth-order valence-electron chi connectivity index (χ4n) is 3.08. The normalized spacial score (nSPS) is 12.1. The molecule has 0 bridgehead atoms. The van der Waals surface area contributed by atoms with Crippen molar-refractivity contribution in [3.05, 3.63) is 57.8 Å². The summed E-state index contributed by atoms with van der Waals surface area (Å²) in [5.41, 5.74) is 1.63. The summed E-state index contributed by atoms with van der Waals surface area (Å²) >= 11 is 7.31. The third-order valence-corrected chi connectivity index (χ3v) is 5.88. The van der Waals surface area contributed by atoms with E-state index in [1.165, 1.54) is 18.7 Å². The van der Waals surface area contributed by atoms with Gasteiger partial charge >= 0.3 is 0 Å². The van der Waals surface area contributed by atoms with Gasteiger partial charge in [0, 0.05) is 29.9 Å². The van der Waals surface area contributed by atoms with Crippen LogP contribution in [0.1, 0.15) is 27.7 Å². The monoisotopic (exact) mass is 472 g/mol. The van der Waals surface area contributed by atoms with Gasteiger partial charge in [-0.2, -0.15) is 0 Å². The third-order valence-electron chi connectivity index (χ3n) is 4.55. The zero-order valence-electron chi connectivity index (χ0n) is 18.3. The lowest BCUT2D eigenvalue weighted by Gasteiger charge is -2.18. The molecule has 2 N–H and O–H groups in total. The van der Waals surface area contributed by atoms with Crippen molar-refractivity contribution >= 4 is 57.5 Å². The minimum absolute atomic E-state index is 0.163. The third kappa shape index (κ3) is 5.89. The van der Waals surface area contributed by atoms with E-state index in [1.807, 2.05) is 13.8 Å². The molecule has 7 nitrogen and oxygen atoms in total. The van der Waals surface area contributed by atoms with Crippen LogP contribution in [0.5, 0.6) is 0 Å². The summed E-state index contributed by atoms with van der Waals surface area (Å²) in [5, 5.41) is 6.46. The maximum atomic E-state index is 13.1. The van der Waals surface area contributed by atoms with Crippen molar-refractivity contribution in [2.45, 2.75) is 44.6 Å². The molecule has 2 aromatic carbocycles. The number of carbonyl (C=O) groups excluding carboxylic acids is 2. The highest BCUT2D eigenvalue weighted by atomic mass is 35.5. The van der Waals surface area contributed by atoms with Crippen LogP contribution in [0.15, 0.2) is 52.4 Å². The molecule has 168 valence electrons. The van der Waals surface area contributed by atoms with E-state index >= 15 is 0 Å². The summed E-state index contributed by atoms with van der Waals surface area (Å²) in [6.45, 7) is 7.72. The van der Waals surface area contributed by atoms with E-state index < -0.39 is 5.25 Å². The number of nitrogens with one attached hydrogen (secondary N) is 2. The molecule has 2 amide bonds. The number of rotatable bonds is 7. The second kappa shape index (κ2) is 10.2. The van der Waals surface area contributed by atoms with Gasteiger partial charge in [-0.1, -0.05) is 37.2 Å². The molecule has 0 fully saturated rings. The number of hydrogen-bond acceptors (Lipinski definition) is 5. The highest BCUT2D eigenvalue weighted by Crippen LogP contribution is 2.25. The summed E-state index contributed by atoms with van der Waals surface area (Å²) in [6.07, 6.45) is 0. The number of nitrogens with zero attached hydrogens (tertiary/aromatic N) is 2. The van der Waals surface area contributed by atoms with Gasteiger partial charge < -0.3 is 10.6 Å². The fourth-order valence-corrected chi connectivity index (χ4v) is 4.17. The van der Waals surface area contributed by atoms with Crippen molar-refractivity contribution < 1.29 is 9.59 Å². The molecule has 0 saturated heterocycles. The summed E-state index contributed by atoms with van der Waals surface area (Å²) in [6, 6.07) is 11.9. The number of fused-ring (bicyclic) bond motifs is 1.